The number of para-hydroxylation sites is 1. The second-order valence-electron chi connectivity index (χ2n) is 10.5. The standard InChI is InChI=1S/C26H42N6O5S/c1-18-16-20-7-4-9-22(24(20)30-17-18)38(36,37)31-21(8-5-13-29-26(27)28)25(35)32-14-11-19(12-15-32)6-2-3-10-23(33)34/h4,7,9,18-19,21,30-31H,2-3,5-6,8,10-17H2,1H3,(H,33,34)(H4,27,28,29)/t18?,21-/m0/s1. The van der Waals surface area contributed by atoms with E-state index >= 15 is 0 Å². The maximum atomic E-state index is 13.5. The number of carbonyl (C=O) groups is 2. The lowest BCUT2D eigenvalue weighted by Gasteiger charge is -2.34. The topological polar surface area (TPSA) is 180 Å². The Labute approximate surface area is 225 Å². The van der Waals surface area contributed by atoms with Crippen LogP contribution in [0.1, 0.15) is 63.9 Å². The van der Waals surface area contributed by atoms with Crippen LogP contribution in [-0.2, 0) is 26.0 Å². The van der Waals surface area contributed by atoms with Crippen LogP contribution in [0.2, 0.25) is 0 Å². The van der Waals surface area contributed by atoms with Gasteiger partial charge in [0.2, 0.25) is 15.9 Å². The zero-order chi connectivity index (χ0) is 27.7. The number of nitrogens with zero attached hydrogens (tertiary/aromatic N) is 2. The molecule has 1 aromatic carbocycles. The van der Waals surface area contributed by atoms with Gasteiger partial charge in [-0.25, -0.2) is 8.42 Å². The van der Waals surface area contributed by atoms with Gasteiger partial charge in [-0.3, -0.25) is 14.6 Å². The number of guanidine groups is 1. The van der Waals surface area contributed by atoms with E-state index in [1.165, 1.54) is 0 Å². The summed E-state index contributed by atoms with van der Waals surface area (Å²) in [5.41, 5.74) is 12.4. The molecule has 0 aliphatic carbocycles. The highest BCUT2D eigenvalue weighted by molar-refractivity contribution is 7.89. The number of carbonyl (C=O) groups excluding carboxylic acids is 1. The number of benzene rings is 1. The molecular weight excluding hydrogens is 508 g/mol. The monoisotopic (exact) mass is 550 g/mol. The molecule has 1 amide bonds. The first-order chi connectivity index (χ1) is 18.1. The Hall–Kier alpha value is -2.86. The summed E-state index contributed by atoms with van der Waals surface area (Å²) in [4.78, 5) is 30.1. The Kier molecular flexibility index (Phi) is 10.8. The summed E-state index contributed by atoms with van der Waals surface area (Å²) in [6.45, 7) is 4.20. The second kappa shape index (κ2) is 13.8. The molecule has 212 valence electrons. The van der Waals surface area contributed by atoms with Gasteiger partial charge in [0, 0.05) is 32.6 Å². The Balaban J connectivity index is 1.68. The Morgan fingerprint density at radius 3 is 2.63 bits per heavy atom. The van der Waals surface area contributed by atoms with Crippen molar-refractivity contribution in [3.63, 3.8) is 0 Å². The van der Waals surface area contributed by atoms with E-state index in [1.807, 2.05) is 6.07 Å². The first-order valence-electron chi connectivity index (χ1n) is 13.5. The number of nitrogens with two attached hydrogens (primary N) is 2. The van der Waals surface area contributed by atoms with Crippen LogP contribution in [0.15, 0.2) is 28.1 Å². The van der Waals surface area contributed by atoms with Crippen molar-refractivity contribution < 1.29 is 23.1 Å². The molecule has 2 aliphatic heterocycles. The van der Waals surface area contributed by atoms with Gasteiger partial charge in [0.05, 0.1) is 5.69 Å². The molecule has 1 aromatic rings. The molecule has 0 saturated carbocycles. The number of aliphatic imine (C=N–C) groups is 1. The number of aliphatic carboxylic acids is 1. The third-order valence-electron chi connectivity index (χ3n) is 7.32. The van der Waals surface area contributed by atoms with E-state index in [0.29, 0.717) is 56.5 Å². The molecule has 1 unspecified atom stereocenters. The molecule has 2 atom stereocenters. The van der Waals surface area contributed by atoms with Crippen LogP contribution in [0.25, 0.3) is 0 Å². The first kappa shape index (κ1) is 29.7. The van der Waals surface area contributed by atoms with E-state index in [4.69, 9.17) is 16.6 Å². The fourth-order valence-corrected chi connectivity index (χ4v) is 6.70. The number of piperidine rings is 1. The highest BCUT2D eigenvalue weighted by Crippen LogP contribution is 2.31. The number of hydrogen-bond donors (Lipinski definition) is 5. The number of rotatable bonds is 13. The van der Waals surface area contributed by atoms with Crippen molar-refractivity contribution in [3.8, 4) is 0 Å². The first-order valence-corrected chi connectivity index (χ1v) is 15.0. The summed E-state index contributed by atoms with van der Waals surface area (Å²) in [6, 6.07) is 4.31. The van der Waals surface area contributed by atoms with Crippen molar-refractivity contribution >= 4 is 33.5 Å². The molecule has 0 spiro atoms. The molecule has 12 heteroatoms. The van der Waals surface area contributed by atoms with Crippen molar-refractivity contribution in [2.75, 3.05) is 31.5 Å². The fraction of sp³-hybridized carbons (Fsp3) is 0.654. The Bertz CT molecular complexity index is 1100. The number of unbranched alkanes of at least 4 members (excludes halogenated alkanes) is 1. The van der Waals surface area contributed by atoms with Crippen LogP contribution in [0.3, 0.4) is 0 Å². The van der Waals surface area contributed by atoms with E-state index < -0.39 is 22.0 Å². The van der Waals surface area contributed by atoms with Crippen LogP contribution in [0, 0.1) is 11.8 Å². The second-order valence-corrected chi connectivity index (χ2v) is 12.2. The lowest BCUT2D eigenvalue weighted by Crippen LogP contribution is -2.50. The average Bonchev–Trinajstić information content (AvgIpc) is 2.87. The van der Waals surface area contributed by atoms with Gasteiger partial charge in [-0.15, -0.1) is 0 Å². The minimum atomic E-state index is -3.98. The van der Waals surface area contributed by atoms with E-state index in [-0.39, 0.29) is 29.6 Å². The number of likely N-dealkylation sites (tertiary alicyclic amines) is 1. The smallest absolute Gasteiger partial charge is 0.303 e. The van der Waals surface area contributed by atoms with E-state index in [0.717, 1.165) is 37.7 Å². The largest absolute Gasteiger partial charge is 0.481 e. The molecule has 11 nitrogen and oxygen atoms in total. The fourth-order valence-electron chi connectivity index (χ4n) is 5.25. The minimum Gasteiger partial charge on any atom is -0.481 e. The van der Waals surface area contributed by atoms with Gasteiger partial charge in [0.25, 0.3) is 0 Å². The number of nitrogens with one attached hydrogen (secondary N) is 2. The van der Waals surface area contributed by atoms with Crippen molar-refractivity contribution in [3.05, 3.63) is 23.8 Å². The number of fused-ring (bicyclic) bond motifs is 1. The predicted octanol–water partition coefficient (Wildman–Crippen LogP) is 1.87. The SMILES string of the molecule is CC1CNc2c(cccc2S(=O)(=O)N[C@@H](CCCN=C(N)N)C(=O)N2CCC(CCCCC(=O)O)CC2)C1. The number of anilines is 1. The van der Waals surface area contributed by atoms with Gasteiger partial charge < -0.3 is 26.8 Å². The molecule has 0 radical (unpaired) electrons. The number of amides is 1. The number of carboxylic acid groups (broad SMARTS) is 1. The third-order valence-corrected chi connectivity index (χ3v) is 8.83. The summed E-state index contributed by atoms with van der Waals surface area (Å²) in [5, 5.41) is 12.1. The molecule has 0 bridgehead atoms. The maximum absolute atomic E-state index is 13.5. The molecule has 2 aliphatic rings. The molecular formula is C26H42N6O5S. The Morgan fingerprint density at radius 1 is 1.21 bits per heavy atom. The van der Waals surface area contributed by atoms with Crippen molar-refractivity contribution in [2.24, 2.45) is 28.3 Å². The van der Waals surface area contributed by atoms with Crippen LogP contribution >= 0.6 is 0 Å². The zero-order valence-electron chi connectivity index (χ0n) is 22.2. The summed E-state index contributed by atoms with van der Waals surface area (Å²) >= 11 is 0. The highest BCUT2D eigenvalue weighted by atomic mass is 32.2. The molecule has 2 heterocycles. The third kappa shape index (κ3) is 8.59. The van der Waals surface area contributed by atoms with Gasteiger partial charge in [-0.2, -0.15) is 4.72 Å². The lowest BCUT2D eigenvalue weighted by molar-refractivity contribution is -0.137. The van der Waals surface area contributed by atoms with Crippen molar-refractivity contribution in [1.82, 2.24) is 9.62 Å². The van der Waals surface area contributed by atoms with Crippen LogP contribution in [0.5, 0.6) is 0 Å². The number of carboxylic acids is 1. The predicted molar refractivity (Wildman–Crippen MR) is 147 cm³/mol. The molecule has 0 aromatic heterocycles. The summed E-state index contributed by atoms with van der Waals surface area (Å²) < 4.78 is 29.8. The van der Waals surface area contributed by atoms with Crippen LogP contribution < -0.4 is 21.5 Å². The zero-order valence-corrected chi connectivity index (χ0v) is 23.0. The molecule has 38 heavy (non-hydrogen) atoms. The molecule has 7 N–H and O–H groups in total. The van der Waals surface area contributed by atoms with Gasteiger partial charge >= 0.3 is 5.97 Å². The Morgan fingerprint density at radius 2 is 1.95 bits per heavy atom. The summed E-state index contributed by atoms with van der Waals surface area (Å²) in [5.74, 6) is -0.225. The lowest BCUT2D eigenvalue weighted by atomic mass is 9.91. The van der Waals surface area contributed by atoms with Gasteiger partial charge in [-0.1, -0.05) is 31.9 Å². The minimum absolute atomic E-state index is 0.0462. The molecule has 3 rings (SSSR count). The van der Waals surface area contributed by atoms with Gasteiger partial charge in [0.15, 0.2) is 5.96 Å². The van der Waals surface area contributed by atoms with Crippen LogP contribution in [0.4, 0.5) is 5.69 Å². The van der Waals surface area contributed by atoms with Gasteiger partial charge in [0.1, 0.15) is 10.9 Å². The van der Waals surface area contributed by atoms with Gasteiger partial charge in [-0.05, 0) is 62.0 Å². The summed E-state index contributed by atoms with van der Waals surface area (Å²) in [7, 11) is -3.98. The summed E-state index contributed by atoms with van der Waals surface area (Å²) in [6.07, 6.45) is 5.77. The van der Waals surface area contributed by atoms with Crippen LogP contribution in [-0.4, -0.2) is 68.5 Å². The van der Waals surface area contributed by atoms with E-state index in [1.54, 1.807) is 17.0 Å². The van der Waals surface area contributed by atoms with Crippen molar-refractivity contribution in [2.45, 2.75) is 75.6 Å². The number of hydrogen-bond acceptors (Lipinski definition) is 6. The maximum Gasteiger partial charge on any atom is 0.303 e. The molecule has 1 fully saturated rings. The number of sulfonamides is 1. The van der Waals surface area contributed by atoms with E-state index in [9.17, 15) is 18.0 Å². The quantitative estimate of drug-likeness (QED) is 0.140. The van der Waals surface area contributed by atoms with Crippen molar-refractivity contribution in [1.29, 1.82) is 0 Å². The average molecular weight is 551 g/mol. The van der Waals surface area contributed by atoms with E-state index in [2.05, 4.69) is 22.0 Å². The normalized spacial score (nSPS) is 18.8. The highest BCUT2D eigenvalue weighted by Gasteiger charge is 2.33. The molecule has 1 saturated heterocycles.